The highest BCUT2D eigenvalue weighted by atomic mass is 15.1. The van der Waals surface area contributed by atoms with E-state index in [-0.39, 0.29) is 0 Å². The molecule has 4 nitrogen and oxygen atoms in total. The van der Waals surface area contributed by atoms with Gasteiger partial charge in [0.05, 0.1) is 12.2 Å². The van der Waals surface area contributed by atoms with Gasteiger partial charge in [0.1, 0.15) is 0 Å². The molecule has 19 heavy (non-hydrogen) atoms. The first-order valence-electron chi connectivity index (χ1n) is 6.99. The van der Waals surface area contributed by atoms with Crippen molar-refractivity contribution in [2.24, 2.45) is 0 Å². The lowest BCUT2D eigenvalue weighted by Crippen LogP contribution is -2.29. The fourth-order valence-corrected chi connectivity index (χ4v) is 2.52. The van der Waals surface area contributed by atoms with Crippen LogP contribution in [0.25, 0.3) is 0 Å². The van der Waals surface area contributed by atoms with Crippen molar-refractivity contribution in [1.82, 2.24) is 10.2 Å². The van der Waals surface area contributed by atoms with Crippen molar-refractivity contribution in [3.8, 4) is 0 Å². The summed E-state index contributed by atoms with van der Waals surface area (Å²) in [4.78, 5) is 2.47. The molecule has 1 aliphatic heterocycles. The number of benzene rings is 1. The van der Waals surface area contributed by atoms with Gasteiger partial charge < -0.3 is 10.2 Å². The normalized spacial score (nSPS) is 15.5. The highest BCUT2D eigenvalue weighted by Crippen LogP contribution is 2.21. The first-order valence-corrected chi connectivity index (χ1v) is 6.99. The van der Waals surface area contributed by atoms with Crippen molar-refractivity contribution in [3.63, 3.8) is 0 Å². The number of hydrogen-bond donors (Lipinski definition) is 2. The van der Waals surface area contributed by atoms with Gasteiger partial charge in [-0.25, -0.2) is 0 Å². The van der Waals surface area contributed by atoms with Gasteiger partial charge >= 0.3 is 0 Å². The third kappa shape index (κ3) is 3.08. The summed E-state index contributed by atoms with van der Waals surface area (Å²) in [6.45, 7) is 3.17. The second-order valence-corrected chi connectivity index (χ2v) is 5.03. The fraction of sp³-hybridized carbons (Fsp3) is 0.400. The van der Waals surface area contributed by atoms with Crippen molar-refractivity contribution in [1.29, 1.82) is 0 Å². The molecule has 1 aromatic heterocycles. The number of hydrogen-bond acceptors (Lipinski definition) is 3. The quantitative estimate of drug-likeness (QED) is 0.883. The third-order valence-electron chi connectivity index (χ3n) is 3.63. The summed E-state index contributed by atoms with van der Waals surface area (Å²) in [6.07, 6.45) is 5.79. The maximum Gasteiger partial charge on any atom is 0.0567 e. The van der Waals surface area contributed by atoms with Crippen molar-refractivity contribution < 1.29 is 0 Å². The number of piperidine rings is 1. The highest BCUT2D eigenvalue weighted by molar-refractivity contribution is 5.55. The first-order chi connectivity index (χ1) is 9.42. The Morgan fingerprint density at radius 2 is 1.84 bits per heavy atom. The Morgan fingerprint density at radius 3 is 2.53 bits per heavy atom. The zero-order chi connectivity index (χ0) is 12.9. The number of aromatic amines is 1. The molecule has 1 fully saturated rings. The van der Waals surface area contributed by atoms with Gasteiger partial charge in [-0.05, 0) is 49.6 Å². The SMILES string of the molecule is c1cc(CNc2ccc(N3CCCCC3)cc2)[nH]n1. The van der Waals surface area contributed by atoms with Crippen molar-refractivity contribution in [3.05, 3.63) is 42.2 Å². The predicted octanol–water partition coefficient (Wildman–Crippen LogP) is 3.01. The number of H-pyrrole nitrogens is 1. The Labute approximate surface area is 113 Å². The fourth-order valence-electron chi connectivity index (χ4n) is 2.52. The molecular weight excluding hydrogens is 236 g/mol. The molecule has 0 unspecified atom stereocenters. The van der Waals surface area contributed by atoms with Crippen LogP contribution in [0, 0.1) is 0 Å². The monoisotopic (exact) mass is 256 g/mol. The molecule has 0 bridgehead atoms. The van der Waals surface area contributed by atoms with Crippen LogP contribution < -0.4 is 10.2 Å². The Kier molecular flexibility index (Phi) is 3.68. The number of aromatic nitrogens is 2. The second kappa shape index (κ2) is 5.78. The van der Waals surface area contributed by atoms with Gasteiger partial charge in [-0.15, -0.1) is 0 Å². The Hall–Kier alpha value is -1.97. The van der Waals surface area contributed by atoms with Gasteiger partial charge in [0.2, 0.25) is 0 Å². The van der Waals surface area contributed by atoms with Crippen molar-refractivity contribution in [2.75, 3.05) is 23.3 Å². The minimum Gasteiger partial charge on any atom is -0.379 e. The van der Waals surface area contributed by atoms with Crippen LogP contribution in [-0.2, 0) is 6.54 Å². The maximum atomic E-state index is 3.94. The number of anilines is 2. The van der Waals surface area contributed by atoms with Gasteiger partial charge in [-0.1, -0.05) is 0 Å². The molecule has 0 saturated carbocycles. The predicted molar refractivity (Wildman–Crippen MR) is 78.4 cm³/mol. The lowest BCUT2D eigenvalue weighted by atomic mass is 10.1. The smallest absolute Gasteiger partial charge is 0.0567 e. The minimum atomic E-state index is 0.781. The van der Waals surface area contributed by atoms with E-state index in [0.29, 0.717) is 0 Å². The average molecular weight is 256 g/mol. The van der Waals surface area contributed by atoms with E-state index in [9.17, 15) is 0 Å². The second-order valence-electron chi connectivity index (χ2n) is 5.03. The Balaban J connectivity index is 1.58. The molecule has 0 aliphatic carbocycles. The van der Waals surface area contributed by atoms with E-state index in [4.69, 9.17) is 0 Å². The zero-order valence-corrected chi connectivity index (χ0v) is 11.1. The van der Waals surface area contributed by atoms with E-state index >= 15 is 0 Å². The molecule has 0 spiro atoms. The molecule has 0 amide bonds. The molecule has 0 atom stereocenters. The standard InChI is InChI=1S/C15H20N4/c1-2-10-19(11-3-1)15-6-4-13(5-7-15)16-12-14-8-9-17-18-14/h4-9,16H,1-3,10-12H2,(H,17,18). The summed E-state index contributed by atoms with van der Waals surface area (Å²) in [5.41, 5.74) is 3.59. The van der Waals surface area contributed by atoms with Crippen molar-refractivity contribution in [2.45, 2.75) is 25.8 Å². The van der Waals surface area contributed by atoms with Crippen LogP contribution in [0.5, 0.6) is 0 Å². The van der Waals surface area contributed by atoms with Gasteiger partial charge in [-0.2, -0.15) is 5.10 Å². The molecular formula is C15H20N4. The average Bonchev–Trinajstić information content (AvgIpc) is 3.00. The number of rotatable bonds is 4. The highest BCUT2D eigenvalue weighted by Gasteiger charge is 2.10. The lowest BCUT2D eigenvalue weighted by Gasteiger charge is -2.28. The van der Waals surface area contributed by atoms with E-state index in [1.807, 2.05) is 6.07 Å². The molecule has 100 valence electrons. The Morgan fingerprint density at radius 1 is 1.05 bits per heavy atom. The first kappa shape index (κ1) is 12.1. The Bertz CT molecular complexity index is 483. The molecule has 2 aromatic rings. The summed E-state index contributed by atoms with van der Waals surface area (Å²) >= 11 is 0. The van der Waals surface area contributed by atoms with E-state index in [2.05, 4.69) is 44.7 Å². The van der Waals surface area contributed by atoms with Crippen molar-refractivity contribution >= 4 is 11.4 Å². The third-order valence-corrected chi connectivity index (χ3v) is 3.63. The number of nitrogens with one attached hydrogen (secondary N) is 2. The summed E-state index contributed by atoms with van der Waals surface area (Å²) in [7, 11) is 0. The van der Waals surface area contributed by atoms with Crippen LogP contribution in [0.15, 0.2) is 36.5 Å². The molecule has 2 heterocycles. The van der Waals surface area contributed by atoms with E-state index in [1.54, 1.807) is 6.20 Å². The summed E-state index contributed by atoms with van der Waals surface area (Å²) in [5, 5.41) is 10.3. The molecule has 3 rings (SSSR count). The van der Waals surface area contributed by atoms with Crippen LogP contribution >= 0.6 is 0 Å². The lowest BCUT2D eigenvalue weighted by molar-refractivity contribution is 0.578. The van der Waals surface area contributed by atoms with Crippen LogP contribution in [0.4, 0.5) is 11.4 Å². The topological polar surface area (TPSA) is 44.0 Å². The van der Waals surface area contributed by atoms with Crippen LogP contribution in [0.2, 0.25) is 0 Å². The van der Waals surface area contributed by atoms with Crippen LogP contribution in [0.1, 0.15) is 25.0 Å². The molecule has 1 saturated heterocycles. The summed E-state index contributed by atoms with van der Waals surface area (Å²) in [6, 6.07) is 10.7. The maximum absolute atomic E-state index is 3.94. The zero-order valence-electron chi connectivity index (χ0n) is 11.1. The molecule has 4 heteroatoms. The number of nitrogens with zero attached hydrogens (tertiary/aromatic N) is 2. The van der Waals surface area contributed by atoms with E-state index < -0.39 is 0 Å². The summed E-state index contributed by atoms with van der Waals surface area (Å²) < 4.78 is 0. The minimum absolute atomic E-state index is 0.781. The van der Waals surface area contributed by atoms with Gasteiger partial charge in [0.15, 0.2) is 0 Å². The molecule has 1 aromatic carbocycles. The van der Waals surface area contributed by atoms with E-state index in [0.717, 1.165) is 17.9 Å². The van der Waals surface area contributed by atoms with Gasteiger partial charge in [0, 0.05) is 30.7 Å². The van der Waals surface area contributed by atoms with Gasteiger partial charge in [0.25, 0.3) is 0 Å². The molecule has 2 N–H and O–H groups in total. The van der Waals surface area contributed by atoms with Crippen LogP contribution in [-0.4, -0.2) is 23.3 Å². The summed E-state index contributed by atoms with van der Waals surface area (Å²) in [5.74, 6) is 0. The largest absolute Gasteiger partial charge is 0.379 e. The molecule has 1 aliphatic rings. The van der Waals surface area contributed by atoms with E-state index in [1.165, 1.54) is 38.0 Å². The van der Waals surface area contributed by atoms with Gasteiger partial charge in [-0.3, -0.25) is 5.10 Å². The van der Waals surface area contributed by atoms with Crippen LogP contribution in [0.3, 0.4) is 0 Å². The molecule has 0 radical (unpaired) electrons.